The van der Waals surface area contributed by atoms with E-state index >= 15 is 0 Å². The zero-order valence-corrected chi connectivity index (χ0v) is 7.63. The first-order valence-corrected chi connectivity index (χ1v) is 4.18. The van der Waals surface area contributed by atoms with Crippen LogP contribution in [-0.4, -0.2) is 0 Å². The van der Waals surface area contributed by atoms with Gasteiger partial charge in [-0.2, -0.15) is 0 Å². The van der Waals surface area contributed by atoms with E-state index in [-0.39, 0.29) is 0 Å². The zero-order valence-electron chi connectivity index (χ0n) is 7.63. The van der Waals surface area contributed by atoms with Gasteiger partial charge in [0.1, 0.15) is 0 Å². The molecule has 0 saturated carbocycles. The second-order valence-electron chi connectivity index (χ2n) is 2.93. The Morgan fingerprint density at radius 1 is 1.42 bits per heavy atom. The third-order valence-electron chi connectivity index (χ3n) is 2.04. The second kappa shape index (κ2) is 4.24. The molecular weight excluding hydrogens is 150 g/mol. The minimum absolute atomic E-state index is 0.491. The van der Waals surface area contributed by atoms with Crippen LogP contribution in [0.25, 0.3) is 0 Å². The van der Waals surface area contributed by atoms with E-state index in [1.807, 2.05) is 0 Å². The van der Waals surface area contributed by atoms with Crippen molar-refractivity contribution in [3.63, 3.8) is 0 Å². The number of rotatable bonds is 3. The predicted molar refractivity (Wildman–Crippen MR) is 49.5 cm³/mol. The Morgan fingerprint density at radius 3 is 2.67 bits per heavy atom. The van der Waals surface area contributed by atoms with Crippen LogP contribution in [0, 0.1) is 6.92 Å². The summed E-state index contributed by atoms with van der Waals surface area (Å²) in [5.74, 6) is 4.98. The topological polar surface area (TPSA) is 35.2 Å². The van der Waals surface area contributed by atoms with Crippen molar-refractivity contribution in [3.05, 3.63) is 34.9 Å². The molecule has 0 bridgehead atoms. The van der Waals surface area contributed by atoms with E-state index in [9.17, 15) is 0 Å². The molecule has 1 aromatic rings. The molecule has 0 spiro atoms. The summed E-state index contributed by atoms with van der Waals surface area (Å²) >= 11 is 0. The van der Waals surface area contributed by atoms with Crippen LogP contribution in [-0.2, 0) is 17.9 Å². The molecule has 1 aromatic carbocycles. The first-order valence-electron chi connectivity index (χ1n) is 4.18. The third-order valence-corrected chi connectivity index (χ3v) is 2.04. The molecule has 2 nitrogen and oxygen atoms in total. The lowest BCUT2D eigenvalue weighted by atomic mass is 10.0. The number of benzene rings is 1. The summed E-state index contributed by atoms with van der Waals surface area (Å²) in [7, 11) is 0. The van der Waals surface area contributed by atoms with Gasteiger partial charge in [0.25, 0.3) is 0 Å². The van der Waals surface area contributed by atoms with Crippen LogP contribution in [0.1, 0.15) is 23.6 Å². The highest BCUT2D eigenvalue weighted by Gasteiger charge is 1.97. The van der Waals surface area contributed by atoms with Crippen molar-refractivity contribution < 1.29 is 4.84 Å². The normalized spacial score (nSPS) is 10.2. The van der Waals surface area contributed by atoms with E-state index in [4.69, 9.17) is 5.90 Å². The van der Waals surface area contributed by atoms with Gasteiger partial charge in [0.15, 0.2) is 0 Å². The molecule has 0 heterocycles. The van der Waals surface area contributed by atoms with Crippen molar-refractivity contribution in [3.8, 4) is 0 Å². The standard InChI is InChI=1S/C10H15NO/c1-3-10-5-4-9(7-12-11)6-8(10)2/h4-6H,3,7,11H2,1-2H3. The lowest BCUT2D eigenvalue weighted by molar-refractivity contribution is 0.124. The lowest BCUT2D eigenvalue weighted by Crippen LogP contribution is -1.99. The first-order chi connectivity index (χ1) is 5.77. The van der Waals surface area contributed by atoms with Crippen LogP contribution in [0.15, 0.2) is 18.2 Å². The fourth-order valence-corrected chi connectivity index (χ4v) is 1.34. The van der Waals surface area contributed by atoms with Crippen LogP contribution in [0.4, 0.5) is 0 Å². The Bertz CT molecular complexity index is 258. The van der Waals surface area contributed by atoms with Gasteiger partial charge in [0.05, 0.1) is 6.61 Å². The quantitative estimate of drug-likeness (QED) is 0.695. The summed E-state index contributed by atoms with van der Waals surface area (Å²) in [6, 6.07) is 6.30. The monoisotopic (exact) mass is 165 g/mol. The highest BCUT2D eigenvalue weighted by atomic mass is 16.6. The number of nitrogens with two attached hydrogens (primary N) is 1. The van der Waals surface area contributed by atoms with Gasteiger partial charge in [-0.3, -0.25) is 4.84 Å². The van der Waals surface area contributed by atoms with Crippen molar-refractivity contribution in [1.29, 1.82) is 0 Å². The van der Waals surface area contributed by atoms with E-state index in [1.165, 1.54) is 11.1 Å². The predicted octanol–water partition coefficient (Wildman–Crippen LogP) is 1.95. The fraction of sp³-hybridized carbons (Fsp3) is 0.400. The van der Waals surface area contributed by atoms with Gasteiger partial charge >= 0.3 is 0 Å². The lowest BCUT2D eigenvalue weighted by Gasteiger charge is -2.05. The molecule has 0 amide bonds. The van der Waals surface area contributed by atoms with Crippen molar-refractivity contribution in [1.82, 2.24) is 0 Å². The highest BCUT2D eigenvalue weighted by Crippen LogP contribution is 2.11. The highest BCUT2D eigenvalue weighted by molar-refractivity contribution is 5.30. The van der Waals surface area contributed by atoms with Gasteiger partial charge in [-0.15, -0.1) is 0 Å². The molecule has 0 fully saturated rings. The summed E-state index contributed by atoms with van der Waals surface area (Å²) < 4.78 is 0. The molecule has 0 saturated heterocycles. The molecule has 0 aliphatic heterocycles. The van der Waals surface area contributed by atoms with E-state index < -0.39 is 0 Å². The minimum atomic E-state index is 0.491. The Hall–Kier alpha value is -0.860. The van der Waals surface area contributed by atoms with Crippen LogP contribution in [0.3, 0.4) is 0 Å². The summed E-state index contributed by atoms with van der Waals surface area (Å²) in [6.45, 7) is 4.76. The van der Waals surface area contributed by atoms with Crippen LogP contribution in [0.2, 0.25) is 0 Å². The average molecular weight is 165 g/mol. The van der Waals surface area contributed by atoms with Gasteiger partial charge in [0.2, 0.25) is 0 Å². The van der Waals surface area contributed by atoms with Gasteiger partial charge in [0, 0.05) is 0 Å². The maximum absolute atomic E-state index is 4.98. The van der Waals surface area contributed by atoms with Crippen molar-refractivity contribution in [2.75, 3.05) is 0 Å². The average Bonchev–Trinajstić information content (AvgIpc) is 2.05. The van der Waals surface area contributed by atoms with Crippen LogP contribution < -0.4 is 5.90 Å². The van der Waals surface area contributed by atoms with Gasteiger partial charge in [-0.1, -0.05) is 25.1 Å². The number of hydrogen-bond donors (Lipinski definition) is 1. The van der Waals surface area contributed by atoms with Crippen molar-refractivity contribution in [2.45, 2.75) is 26.9 Å². The minimum Gasteiger partial charge on any atom is -0.300 e. The Labute approximate surface area is 73.3 Å². The number of hydrogen-bond acceptors (Lipinski definition) is 2. The van der Waals surface area contributed by atoms with Crippen LogP contribution >= 0.6 is 0 Å². The largest absolute Gasteiger partial charge is 0.300 e. The van der Waals surface area contributed by atoms with Gasteiger partial charge < -0.3 is 0 Å². The van der Waals surface area contributed by atoms with E-state index in [0.29, 0.717) is 6.61 Å². The molecule has 2 heteroatoms. The van der Waals surface area contributed by atoms with Crippen LogP contribution in [0.5, 0.6) is 0 Å². The molecule has 12 heavy (non-hydrogen) atoms. The molecule has 1 rings (SSSR count). The van der Waals surface area contributed by atoms with E-state index in [1.54, 1.807) is 0 Å². The summed E-state index contributed by atoms with van der Waals surface area (Å²) in [5.41, 5.74) is 3.83. The molecule has 0 aliphatic carbocycles. The van der Waals surface area contributed by atoms with Gasteiger partial charge in [-0.25, -0.2) is 5.90 Å². The molecule has 0 unspecified atom stereocenters. The van der Waals surface area contributed by atoms with Crippen molar-refractivity contribution >= 4 is 0 Å². The Kier molecular flexibility index (Phi) is 3.26. The Balaban J connectivity index is 2.86. The first kappa shape index (κ1) is 9.23. The van der Waals surface area contributed by atoms with E-state index in [2.05, 4.69) is 36.9 Å². The third kappa shape index (κ3) is 2.06. The Morgan fingerprint density at radius 2 is 2.17 bits per heavy atom. The van der Waals surface area contributed by atoms with Crippen molar-refractivity contribution in [2.24, 2.45) is 5.90 Å². The number of aryl methyl sites for hydroxylation is 2. The molecule has 0 radical (unpaired) electrons. The van der Waals surface area contributed by atoms with E-state index in [0.717, 1.165) is 12.0 Å². The van der Waals surface area contributed by atoms with Gasteiger partial charge in [-0.05, 0) is 30.0 Å². The SMILES string of the molecule is CCc1ccc(CON)cc1C. The second-order valence-corrected chi connectivity index (χ2v) is 2.93. The smallest absolute Gasteiger partial charge is 0.0930 e. The summed E-state index contributed by atoms with van der Waals surface area (Å²) in [4.78, 5) is 4.56. The molecule has 0 aliphatic rings. The maximum atomic E-state index is 4.98. The summed E-state index contributed by atoms with van der Waals surface area (Å²) in [5, 5.41) is 0. The molecule has 0 atom stereocenters. The molecule has 2 N–H and O–H groups in total. The summed E-state index contributed by atoms with van der Waals surface area (Å²) in [6.07, 6.45) is 1.08. The fourth-order valence-electron chi connectivity index (χ4n) is 1.34. The molecule has 66 valence electrons. The molecule has 0 aromatic heterocycles. The maximum Gasteiger partial charge on any atom is 0.0930 e. The molecular formula is C10H15NO. The zero-order chi connectivity index (χ0) is 8.97.